The van der Waals surface area contributed by atoms with E-state index in [1.54, 1.807) is 0 Å². The predicted octanol–water partition coefficient (Wildman–Crippen LogP) is -0.838. The number of fused-ring (bicyclic) bond motifs is 1. The van der Waals surface area contributed by atoms with Crippen LogP contribution in [0.2, 0.25) is 0 Å². The van der Waals surface area contributed by atoms with Gasteiger partial charge in [-0.1, -0.05) is 0 Å². The molecule has 1 aliphatic carbocycles. The van der Waals surface area contributed by atoms with Crippen molar-refractivity contribution in [3.05, 3.63) is 11.4 Å². The van der Waals surface area contributed by atoms with E-state index in [2.05, 4.69) is 26.0 Å². The van der Waals surface area contributed by atoms with Gasteiger partial charge in [0.05, 0.1) is 11.4 Å². The lowest BCUT2D eigenvalue weighted by atomic mass is 9.89. The molecule has 2 amide bonds. The van der Waals surface area contributed by atoms with E-state index in [1.165, 1.54) is 0 Å². The molecule has 1 heterocycles. The normalized spacial score (nSPS) is 17.9. The number of rotatable bonds is 6. The first kappa shape index (κ1) is 12.5. The topological polar surface area (TPSA) is 99.8 Å². The molecule has 1 unspecified atom stereocenters. The lowest BCUT2D eigenvalue weighted by Crippen LogP contribution is -2.35. The number of nitrogens with one attached hydrogen (secondary N) is 3. The van der Waals surface area contributed by atoms with Crippen molar-refractivity contribution in [3.63, 3.8) is 0 Å². The summed E-state index contributed by atoms with van der Waals surface area (Å²) in [7, 11) is 0. The van der Waals surface area contributed by atoms with Crippen molar-refractivity contribution in [2.75, 3.05) is 13.1 Å². The molecule has 1 aromatic heterocycles. The Balaban J connectivity index is 1.72. The molecule has 0 spiro atoms. The molecule has 7 heteroatoms. The number of aryl methyl sites for hydroxylation is 1. The van der Waals surface area contributed by atoms with Crippen LogP contribution in [-0.2, 0) is 22.4 Å². The zero-order valence-electron chi connectivity index (χ0n) is 10.1. The quantitative estimate of drug-likeness (QED) is 0.453. The molecule has 18 heavy (non-hydrogen) atoms. The number of nitrogens with zero attached hydrogens (tertiary/aromatic N) is 2. The van der Waals surface area contributed by atoms with Crippen LogP contribution in [0.4, 0.5) is 0 Å². The summed E-state index contributed by atoms with van der Waals surface area (Å²) < 4.78 is 0. The summed E-state index contributed by atoms with van der Waals surface area (Å²) in [6.45, 7) is 1.17. The number of hydrogen-bond acceptors (Lipinski definition) is 4. The summed E-state index contributed by atoms with van der Waals surface area (Å²) in [4.78, 5) is 21.9. The maximum absolute atomic E-state index is 11.9. The molecule has 98 valence electrons. The van der Waals surface area contributed by atoms with Gasteiger partial charge < -0.3 is 10.6 Å². The van der Waals surface area contributed by atoms with Gasteiger partial charge in [-0.15, -0.1) is 0 Å². The van der Waals surface area contributed by atoms with Crippen molar-refractivity contribution in [2.24, 2.45) is 5.92 Å². The minimum absolute atomic E-state index is 0.0124. The van der Waals surface area contributed by atoms with Crippen LogP contribution >= 0.6 is 0 Å². The fourth-order valence-electron chi connectivity index (χ4n) is 2.11. The molecule has 2 rings (SSSR count). The standard InChI is InChI=1S/C11H17N5O2/c17-7-12-4-1-5-13-11(18)8-2-3-9-10(6-8)15-16-14-9/h7-8H,1-6H2,(H,12,17)(H,13,18)(H,14,15,16). The van der Waals surface area contributed by atoms with E-state index in [9.17, 15) is 9.59 Å². The smallest absolute Gasteiger partial charge is 0.223 e. The molecule has 0 aliphatic heterocycles. The van der Waals surface area contributed by atoms with Gasteiger partial charge in [0, 0.05) is 25.4 Å². The van der Waals surface area contributed by atoms with Crippen LogP contribution in [0.25, 0.3) is 0 Å². The Kier molecular flexibility index (Phi) is 4.27. The highest BCUT2D eigenvalue weighted by Gasteiger charge is 2.26. The molecule has 7 nitrogen and oxygen atoms in total. The number of hydrogen-bond donors (Lipinski definition) is 3. The molecular weight excluding hydrogens is 234 g/mol. The third-order valence-electron chi connectivity index (χ3n) is 3.12. The number of amides is 2. The number of H-pyrrole nitrogens is 1. The first-order valence-corrected chi connectivity index (χ1v) is 6.14. The summed E-state index contributed by atoms with van der Waals surface area (Å²) in [5.74, 6) is 0.0522. The zero-order valence-corrected chi connectivity index (χ0v) is 10.1. The highest BCUT2D eigenvalue weighted by Crippen LogP contribution is 2.22. The van der Waals surface area contributed by atoms with Crippen molar-refractivity contribution in [1.29, 1.82) is 0 Å². The summed E-state index contributed by atoms with van der Waals surface area (Å²) in [6, 6.07) is 0. The summed E-state index contributed by atoms with van der Waals surface area (Å²) in [5.41, 5.74) is 1.89. The van der Waals surface area contributed by atoms with Crippen LogP contribution < -0.4 is 10.6 Å². The Morgan fingerprint density at radius 3 is 3.06 bits per heavy atom. The maximum Gasteiger partial charge on any atom is 0.223 e. The first-order valence-electron chi connectivity index (χ1n) is 6.14. The molecule has 1 aliphatic rings. The van der Waals surface area contributed by atoms with Crippen molar-refractivity contribution in [3.8, 4) is 0 Å². The molecule has 0 fully saturated rings. The first-order chi connectivity index (χ1) is 8.81. The lowest BCUT2D eigenvalue weighted by Gasteiger charge is -2.19. The van der Waals surface area contributed by atoms with Crippen LogP contribution in [-0.4, -0.2) is 40.8 Å². The second-order valence-electron chi connectivity index (χ2n) is 4.37. The van der Waals surface area contributed by atoms with Gasteiger partial charge in [0.1, 0.15) is 0 Å². The minimum Gasteiger partial charge on any atom is -0.359 e. The van der Waals surface area contributed by atoms with E-state index >= 15 is 0 Å². The number of carbonyl (C=O) groups excluding carboxylic acids is 2. The summed E-state index contributed by atoms with van der Waals surface area (Å²) in [5, 5.41) is 16.1. The van der Waals surface area contributed by atoms with Crippen molar-refractivity contribution >= 4 is 12.3 Å². The van der Waals surface area contributed by atoms with Gasteiger partial charge in [-0.2, -0.15) is 15.4 Å². The van der Waals surface area contributed by atoms with Crippen molar-refractivity contribution in [1.82, 2.24) is 26.0 Å². The number of aromatic nitrogens is 3. The fraction of sp³-hybridized carbons (Fsp3) is 0.636. The van der Waals surface area contributed by atoms with Gasteiger partial charge in [-0.3, -0.25) is 9.59 Å². The highest BCUT2D eigenvalue weighted by atomic mass is 16.2. The van der Waals surface area contributed by atoms with Crippen molar-refractivity contribution < 1.29 is 9.59 Å². The Hall–Kier alpha value is -1.92. The fourth-order valence-corrected chi connectivity index (χ4v) is 2.11. The third-order valence-corrected chi connectivity index (χ3v) is 3.12. The maximum atomic E-state index is 11.9. The van der Waals surface area contributed by atoms with E-state index in [0.717, 1.165) is 30.7 Å². The molecule has 0 bridgehead atoms. The molecule has 3 N–H and O–H groups in total. The SMILES string of the molecule is O=CNCCCNC(=O)C1CCc2n[nH]nc2C1. The molecule has 0 radical (unpaired) electrons. The van der Waals surface area contributed by atoms with Gasteiger partial charge in [-0.05, 0) is 19.3 Å². The van der Waals surface area contributed by atoms with Crippen molar-refractivity contribution in [2.45, 2.75) is 25.7 Å². The molecular formula is C11H17N5O2. The van der Waals surface area contributed by atoms with Crippen LogP contribution in [0.5, 0.6) is 0 Å². The van der Waals surface area contributed by atoms with Crippen LogP contribution in [0, 0.1) is 5.92 Å². The van der Waals surface area contributed by atoms with Gasteiger partial charge in [-0.25, -0.2) is 0 Å². The second-order valence-corrected chi connectivity index (χ2v) is 4.37. The molecule has 1 atom stereocenters. The number of aromatic amines is 1. The molecule has 1 aromatic rings. The van der Waals surface area contributed by atoms with E-state index in [0.29, 0.717) is 25.9 Å². The van der Waals surface area contributed by atoms with E-state index in [1.807, 2.05) is 0 Å². The Morgan fingerprint density at radius 1 is 1.39 bits per heavy atom. The van der Waals surface area contributed by atoms with E-state index in [4.69, 9.17) is 0 Å². The van der Waals surface area contributed by atoms with Crippen LogP contribution in [0.1, 0.15) is 24.2 Å². The summed E-state index contributed by atoms with van der Waals surface area (Å²) >= 11 is 0. The van der Waals surface area contributed by atoms with Gasteiger partial charge in [0.2, 0.25) is 12.3 Å². The van der Waals surface area contributed by atoms with Crippen LogP contribution in [0.15, 0.2) is 0 Å². The summed E-state index contributed by atoms with van der Waals surface area (Å²) in [6.07, 6.45) is 3.68. The number of carbonyl (C=O) groups is 2. The average molecular weight is 251 g/mol. The molecule has 0 saturated carbocycles. The van der Waals surface area contributed by atoms with Crippen LogP contribution in [0.3, 0.4) is 0 Å². The van der Waals surface area contributed by atoms with E-state index in [-0.39, 0.29) is 11.8 Å². The zero-order chi connectivity index (χ0) is 12.8. The average Bonchev–Trinajstić information content (AvgIpc) is 2.85. The second kappa shape index (κ2) is 6.13. The Labute approximate surface area is 105 Å². The third kappa shape index (κ3) is 3.06. The van der Waals surface area contributed by atoms with Gasteiger partial charge in [0.15, 0.2) is 0 Å². The van der Waals surface area contributed by atoms with Gasteiger partial charge in [0.25, 0.3) is 0 Å². The Bertz CT molecular complexity index is 417. The lowest BCUT2D eigenvalue weighted by molar-refractivity contribution is -0.125. The highest BCUT2D eigenvalue weighted by molar-refractivity contribution is 5.79. The minimum atomic E-state index is -0.0124. The predicted molar refractivity (Wildman–Crippen MR) is 63.6 cm³/mol. The molecule has 0 saturated heterocycles. The molecule has 0 aromatic carbocycles. The Morgan fingerprint density at radius 2 is 2.22 bits per heavy atom. The van der Waals surface area contributed by atoms with Gasteiger partial charge >= 0.3 is 0 Å². The van der Waals surface area contributed by atoms with E-state index < -0.39 is 0 Å². The largest absolute Gasteiger partial charge is 0.359 e. The monoisotopic (exact) mass is 251 g/mol.